The van der Waals surface area contributed by atoms with Gasteiger partial charge >= 0.3 is 0 Å². The minimum atomic E-state index is 0.247. The highest BCUT2D eigenvalue weighted by molar-refractivity contribution is 6.09. The lowest BCUT2D eigenvalue weighted by molar-refractivity contribution is 0.832. The average molecular weight is 711 g/mol. The van der Waals surface area contributed by atoms with Crippen molar-refractivity contribution in [3.8, 4) is 5.69 Å². The van der Waals surface area contributed by atoms with Gasteiger partial charge in [-0.05, 0) is 133 Å². The lowest BCUT2D eigenvalue weighted by Crippen LogP contribution is -2.18. The Morgan fingerprint density at radius 3 is 2.29 bits per heavy atom. The quantitative estimate of drug-likeness (QED) is 0.167. The molecule has 0 amide bonds. The Hall–Kier alpha value is -6.78. The second-order valence-electron chi connectivity index (χ2n) is 14.7. The number of para-hydroxylation sites is 4. The van der Waals surface area contributed by atoms with Crippen LogP contribution in [0.5, 0.6) is 0 Å². The number of benzene rings is 6. The molecule has 7 aromatic rings. The van der Waals surface area contributed by atoms with E-state index in [4.69, 9.17) is 5.73 Å². The van der Waals surface area contributed by atoms with Crippen molar-refractivity contribution in [3.05, 3.63) is 210 Å². The van der Waals surface area contributed by atoms with Gasteiger partial charge in [0.05, 0.1) is 11.0 Å². The standard InChI is InChI=1S/C51H42N4/c1-35(15-14-30-52)53(47-27-13-17-36-16-5-6-20-42(36)47)40-31-38(32-41(34-40)55-48-24-10-7-21-43(48)44-22-8-11-25-49(44)55)37-28-29-51-46(33-37)45-23-9-12-26-50(45)54(51)39-18-3-2-4-19-39/h2-5,7-19,21-32,34,46H,6,20,33,52H2,1H3/b30-14-,35-15+. The monoisotopic (exact) mass is 710 g/mol. The van der Waals surface area contributed by atoms with E-state index in [2.05, 4.69) is 191 Å². The van der Waals surface area contributed by atoms with Crippen LogP contribution in [0.25, 0.3) is 39.1 Å². The average Bonchev–Trinajstić information content (AvgIpc) is 3.76. The Kier molecular flexibility index (Phi) is 8.10. The number of allylic oxidation sites excluding steroid dienone is 8. The lowest BCUT2D eigenvalue weighted by atomic mass is 9.84. The first-order valence-electron chi connectivity index (χ1n) is 19.3. The third-order valence-corrected chi connectivity index (χ3v) is 11.5. The van der Waals surface area contributed by atoms with Gasteiger partial charge in [0.1, 0.15) is 0 Å². The molecule has 0 spiro atoms. The molecular weight excluding hydrogens is 669 g/mol. The van der Waals surface area contributed by atoms with Crippen LogP contribution in [0.15, 0.2) is 188 Å². The largest absolute Gasteiger partial charge is 0.405 e. The third-order valence-electron chi connectivity index (χ3n) is 11.5. The maximum Gasteiger partial charge on any atom is 0.0541 e. The van der Waals surface area contributed by atoms with Crippen LogP contribution in [0.4, 0.5) is 22.7 Å². The molecule has 2 N–H and O–H groups in total. The smallest absolute Gasteiger partial charge is 0.0541 e. The maximum atomic E-state index is 5.93. The van der Waals surface area contributed by atoms with Gasteiger partial charge < -0.3 is 20.1 Å². The van der Waals surface area contributed by atoms with Crippen LogP contribution < -0.4 is 15.5 Å². The molecule has 0 bridgehead atoms. The second kappa shape index (κ2) is 13.6. The summed E-state index contributed by atoms with van der Waals surface area (Å²) in [4.78, 5) is 4.88. The fraction of sp³-hybridized carbons (Fsp3) is 0.0980. The van der Waals surface area contributed by atoms with E-state index < -0.39 is 0 Å². The normalized spacial score (nSPS) is 16.3. The van der Waals surface area contributed by atoms with Crippen LogP contribution in [0.3, 0.4) is 0 Å². The number of anilines is 4. The van der Waals surface area contributed by atoms with Gasteiger partial charge in [-0.2, -0.15) is 0 Å². The highest BCUT2D eigenvalue weighted by Gasteiger charge is 2.36. The molecule has 4 nitrogen and oxygen atoms in total. The van der Waals surface area contributed by atoms with E-state index in [9.17, 15) is 0 Å². The van der Waals surface area contributed by atoms with Gasteiger partial charge in [0, 0.05) is 56.5 Å². The summed E-state index contributed by atoms with van der Waals surface area (Å²) in [5.74, 6) is 0.247. The predicted molar refractivity (Wildman–Crippen MR) is 232 cm³/mol. The van der Waals surface area contributed by atoms with Crippen molar-refractivity contribution >= 4 is 56.2 Å². The third kappa shape index (κ3) is 5.52. The van der Waals surface area contributed by atoms with Crippen LogP contribution in [-0.2, 0) is 6.42 Å². The Balaban J connectivity index is 1.21. The zero-order valence-electron chi connectivity index (χ0n) is 30.9. The molecule has 1 aromatic heterocycles. The molecule has 2 heterocycles. The second-order valence-corrected chi connectivity index (χ2v) is 14.7. The molecule has 0 fully saturated rings. The molecule has 0 radical (unpaired) electrons. The molecule has 2 aliphatic carbocycles. The van der Waals surface area contributed by atoms with Crippen molar-refractivity contribution in [3.63, 3.8) is 0 Å². The number of hydrogen-bond acceptors (Lipinski definition) is 3. The van der Waals surface area contributed by atoms with E-state index in [1.807, 2.05) is 6.08 Å². The van der Waals surface area contributed by atoms with Crippen molar-refractivity contribution in [1.82, 2.24) is 4.57 Å². The van der Waals surface area contributed by atoms with E-state index in [0.29, 0.717) is 0 Å². The summed E-state index contributed by atoms with van der Waals surface area (Å²) in [5, 5.41) is 2.51. The Morgan fingerprint density at radius 1 is 0.745 bits per heavy atom. The summed E-state index contributed by atoms with van der Waals surface area (Å²) in [6.45, 7) is 2.19. The van der Waals surface area contributed by atoms with Gasteiger partial charge in [0.2, 0.25) is 0 Å². The van der Waals surface area contributed by atoms with E-state index in [1.165, 1.54) is 72.4 Å². The van der Waals surface area contributed by atoms with Crippen LogP contribution in [0, 0.1) is 0 Å². The highest BCUT2D eigenvalue weighted by Crippen LogP contribution is 2.53. The fourth-order valence-corrected chi connectivity index (χ4v) is 9.11. The predicted octanol–water partition coefficient (Wildman–Crippen LogP) is 12.9. The van der Waals surface area contributed by atoms with Crippen molar-refractivity contribution in [2.75, 3.05) is 9.80 Å². The van der Waals surface area contributed by atoms with Gasteiger partial charge in [-0.25, -0.2) is 0 Å². The topological polar surface area (TPSA) is 37.4 Å². The van der Waals surface area contributed by atoms with Crippen LogP contribution in [0.2, 0.25) is 0 Å². The minimum Gasteiger partial charge on any atom is -0.405 e. The Morgan fingerprint density at radius 2 is 1.49 bits per heavy atom. The summed E-state index contributed by atoms with van der Waals surface area (Å²) in [5.41, 5.74) is 23.2. The molecule has 266 valence electrons. The van der Waals surface area contributed by atoms with E-state index in [-0.39, 0.29) is 5.92 Å². The Bertz CT molecular complexity index is 2720. The summed E-state index contributed by atoms with van der Waals surface area (Å²) in [6, 6.07) is 51.1. The molecule has 1 unspecified atom stereocenters. The molecule has 55 heavy (non-hydrogen) atoms. The van der Waals surface area contributed by atoms with E-state index in [1.54, 1.807) is 6.20 Å². The molecule has 0 saturated heterocycles. The van der Waals surface area contributed by atoms with Crippen LogP contribution in [0.1, 0.15) is 47.9 Å². The van der Waals surface area contributed by atoms with Crippen LogP contribution in [-0.4, -0.2) is 4.57 Å². The van der Waals surface area contributed by atoms with Gasteiger partial charge in [-0.1, -0.05) is 103 Å². The van der Waals surface area contributed by atoms with Gasteiger partial charge in [-0.15, -0.1) is 0 Å². The molecule has 0 saturated carbocycles. The number of aromatic nitrogens is 1. The number of fused-ring (bicyclic) bond motifs is 7. The lowest BCUT2D eigenvalue weighted by Gasteiger charge is -2.31. The first-order chi connectivity index (χ1) is 27.2. The van der Waals surface area contributed by atoms with Gasteiger partial charge in [0.25, 0.3) is 0 Å². The molecule has 10 rings (SSSR count). The molecular formula is C51H42N4. The first-order valence-corrected chi connectivity index (χ1v) is 19.3. The molecule has 1 atom stereocenters. The summed E-state index contributed by atoms with van der Waals surface area (Å²) in [7, 11) is 0. The SMILES string of the molecule is C/C(=C\C=C/N)N(c1cc(C2=CC=C3C(C2)c2ccccc2N3c2ccccc2)cc(-n2c3ccccc3c3ccccc32)c1)c1cccc2c1CCC=C2. The van der Waals surface area contributed by atoms with Crippen molar-refractivity contribution in [2.24, 2.45) is 5.73 Å². The summed E-state index contributed by atoms with van der Waals surface area (Å²) < 4.78 is 2.45. The van der Waals surface area contributed by atoms with Gasteiger partial charge in [-0.3, -0.25) is 0 Å². The minimum absolute atomic E-state index is 0.247. The zero-order chi connectivity index (χ0) is 36.9. The van der Waals surface area contributed by atoms with Crippen molar-refractivity contribution < 1.29 is 0 Å². The molecule has 6 aromatic carbocycles. The van der Waals surface area contributed by atoms with Crippen LogP contribution >= 0.6 is 0 Å². The maximum absolute atomic E-state index is 5.93. The van der Waals surface area contributed by atoms with Crippen molar-refractivity contribution in [1.29, 1.82) is 0 Å². The molecule has 1 aliphatic heterocycles. The zero-order valence-corrected chi connectivity index (χ0v) is 30.9. The van der Waals surface area contributed by atoms with Crippen molar-refractivity contribution in [2.45, 2.75) is 32.1 Å². The Labute approximate surface area is 322 Å². The number of nitrogens with two attached hydrogens (primary N) is 1. The summed E-state index contributed by atoms with van der Waals surface area (Å²) in [6.07, 6.45) is 17.9. The summed E-state index contributed by atoms with van der Waals surface area (Å²) >= 11 is 0. The number of rotatable bonds is 7. The first kappa shape index (κ1) is 32.8. The van der Waals surface area contributed by atoms with E-state index in [0.717, 1.165) is 36.3 Å². The fourth-order valence-electron chi connectivity index (χ4n) is 9.11. The number of hydrogen-bond donors (Lipinski definition) is 1. The van der Waals surface area contributed by atoms with E-state index >= 15 is 0 Å². The highest BCUT2D eigenvalue weighted by atomic mass is 15.2. The molecule has 4 heteroatoms. The van der Waals surface area contributed by atoms with Gasteiger partial charge in [0.15, 0.2) is 0 Å². The molecule has 3 aliphatic rings. The number of nitrogens with zero attached hydrogens (tertiary/aromatic N) is 3.